The maximum atomic E-state index is 8.99. The van der Waals surface area contributed by atoms with Gasteiger partial charge in [-0.2, -0.15) is 0 Å². The van der Waals surface area contributed by atoms with Crippen LogP contribution in [0.5, 0.6) is 0 Å². The van der Waals surface area contributed by atoms with Crippen molar-refractivity contribution in [2.24, 2.45) is 0 Å². The Morgan fingerprint density at radius 1 is 0.783 bits per heavy atom. The molecule has 5 heteroatoms. The van der Waals surface area contributed by atoms with Crippen LogP contribution in [0.25, 0.3) is 0 Å². The smallest absolute Gasteiger partial charge is 0.123 e. The molecule has 0 aliphatic heterocycles. The molecule has 0 spiro atoms. The summed E-state index contributed by atoms with van der Waals surface area (Å²) >= 11 is 0. The minimum absolute atomic E-state index is 0.0405. The van der Waals surface area contributed by atoms with Crippen LogP contribution < -0.4 is 0 Å². The van der Waals surface area contributed by atoms with Gasteiger partial charge in [-0.05, 0) is 52.7 Å². The average Bonchev–Trinajstić information content (AvgIpc) is 2.46. The zero-order valence-corrected chi connectivity index (χ0v) is 15.5. The summed E-state index contributed by atoms with van der Waals surface area (Å²) in [5, 5.41) is 18.0. The van der Waals surface area contributed by atoms with Gasteiger partial charge in [0, 0.05) is 0 Å². The first-order valence-corrected chi connectivity index (χ1v) is 8.33. The van der Waals surface area contributed by atoms with Crippen molar-refractivity contribution in [1.29, 1.82) is 0 Å². The van der Waals surface area contributed by atoms with Crippen LogP contribution in [-0.2, 0) is 14.2 Å². The number of rotatable bonds is 12. The summed E-state index contributed by atoms with van der Waals surface area (Å²) in [5.41, 5.74) is -1.35. The van der Waals surface area contributed by atoms with E-state index in [-0.39, 0.29) is 26.4 Å². The summed E-state index contributed by atoms with van der Waals surface area (Å²) in [4.78, 5) is 0. The summed E-state index contributed by atoms with van der Waals surface area (Å²) in [6.07, 6.45) is 5.55. The molecular formula is C18H34O5. The van der Waals surface area contributed by atoms with Crippen molar-refractivity contribution < 1.29 is 24.4 Å². The lowest BCUT2D eigenvalue weighted by atomic mass is 10.00. The SMILES string of the molecule is CCC=C(OCCO)C(C)(C)OC(C)(C)C(=CCC)OCCO. The predicted octanol–water partition coefficient (Wildman–Crippen LogP) is 3.17. The van der Waals surface area contributed by atoms with Gasteiger partial charge in [-0.25, -0.2) is 0 Å². The van der Waals surface area contributed by atoms with Gasteiger partial charge in [-0.3, -0.25) is 0 Å². The molecular weight excluding hydrogens is 296 g/mol. The van der Waals surface area contributed by atoms with Gasteiger partial charge in [0.25, 0.3) is 0 Å². The van der Waals surface area contributed by atoms with Crippen molar-refractivity contribution in [2.75, 3.05) is 26.4 Å². The van der Waals surface area contributed by atoms with Crippen molar-refractivity contribution in [2.45, 2.75) is 65.6 Å². The van der Waals surface area contributed by atoms with Crippen molar-refractivity contribution in [3.8, 4) is 0 Å². The first-order chi connectivity index (χ1) is 10.7. The van der Waals surface area contributed by atoms with E-state index in [1.807, 2.05) is 53.7 Å². The van der Waals surface area contributed by atoms with Crippen molar-refractivity contribution in [3.05, 3.63) is 23.7 Å². The molecule has 0 aliphatic carbocycles. The second-order valence-electron chi connectivity index (χ2n) is 6.22. The number of allylic oxidation sites excluding steroid dienone is 2. The highest BCUT2D eigenvalue weighted by Gasteiger charge is 2.36. The van der Waals surface area contributed by atoms with E-state index in [0.29, 0.717) is 11.5 Å². The molecule has 0 aromatic rings. The van der Waals surface area contributed by atoms with Gasteiger partial charge in [0.1, 0.15) is 35.9 Å². The van der Waals surface area contributed by atoms with Gasteiger partial charge >= 0.3 is 0 Å². The number of aliphatic hydroxyl groups is 2. The lowest BCUT2D eigenvalue weighted by Crippen LogP contribution is -2.41. The van der Waals surface area contributed by atoms with Crippen LogP contribution in [0.1, 0.15) is 54.4 Å². The fraction of sp³-hybridized carbons (Fsp3) is 0.778. The molecule has 0 aromatic heterocycles. The molecule has 0 rings (SSSR count). The maximum Gasteiger partial charge on any atom is 0.123 e. The normalized spacial score (nSPS) is 14.1. The molecule has 0 unspecified atom stereocenters. The average molecular weight is 330 g/mol. The van der Waals surface area contributed by atoms with Crippen molar-refractivity contribution >= 4 is 0 Å². The second-order valence-corrected chi connectivity index (χ2v) is 6.22. The Bertz CT molecular complexity index is 347. The van der Waals surface area contributed by atoms with Crippen LogP contribution in [-0.4, -0.2) is 47.8 Å². The molecule has 0 radical (unpaired) electrons. The lowest BCUT2D eigenvalue weighted by Gasteiger charge is -2.38. The molecule has 0 saturated heterocycles. The van der Waals surface area contributed by atoms with E-state index in [0.717, 1.165) is 12.8 Å². The number of ether oxygens (including phenoxy) is 3. The Labute approximate surface area is 140 Å². The molecule has 0 heterocycles. The Balaban J connectivity index is 5.26. The first-order valence-electron chi connectivity index (χ1n) is 8.33. The molecule has 0 fully saturated rings. The molecule has 0 bridgehead atoms. The first kappa shape index (κ1) is 22.0. The van der Waals surface area contributed by atoms with E-state index in [2.05, 4.69) is 0 Å². The summed E-state index contributed by atoms with van der Waals surface area (Å²) in [6, 6.07) is 0. The molecule has 0 aliphatic rings. The van der Waals surface area contributed by atoms with Crippen LogP contribution >= 0.6 is 0 Å². The van der Waals surface area contributed by atoms with Crippen LogP contribution in [0.2, 0.25) is 0 Å². The molecule has 23 heavy (non-hydrogen) atoms. The predicted molar refractivity (Wildman–Crippen MR) is 92.1 cm³/mol. The fourth-order valence-corrected chi connectivity index (χ4v) is 2.38. The lowest BCUT2D eigenvalue weighted by molar-refractivity contribution is -0.127. The summed E-state index contributed by atoms with van der Waals surface area (Å²) in [5.74, 6) is 1.39. The van der Waals surface area contributed by atoms with E-state index >= 15 is 0 Å². The zero-order valence-electron chi connectivity index (χ0n) is 15.5. The molecule has 0 saturated carbocycles. The highest BCUT2D eigenvalue weighted by atomic mass is 16.6. The molecule has 5 nitrogen and oxygen atoms in total. The summed E-state index contributed by atoms with van der Waals surface area (Å²) < 4.78 is 17.6. The quantitative estimate of drug-likeness (QED) is 0.538. The van der Waals surface area contributed by atoms with E-state index < -0.39 is 11.2 Å². The minimum Gasteiger partial charge on any atom is -0.493 e. The topological polar surface area (TPSA) is 68.2 Å². The molecule has 0 amide bonds. The molecule has 2 N–H and O–H groups in total. The monoisotopic (exact) mass is 330 g/mol. The van der Waals surface area contributed by atoms with Crippen LogP contribution in [0.3, 0.4) is 0 Å². The Kier molecular flexibility index (Phi) is 10.2. The summed E-state index contributed by atoms with van der Waals surface area (Å²) in [7, 11) is 0. The third kappa shape index (κ3) is 7.86. The zero-order chi connectivity index (χ0) is 17.9. The third-order valence-electron chi connectivity index (χ3n) is 3.17. The molecule has 0 aromatic carbocycles. The third-order valence-corrected chi connectivity index (χ3v) is 3.17. The largest absolute Gasteiger partial charge is 0.493 e. The minimum atomic E-state index is -0.677. The van der Waals surface area contributed by atoms with Crippen LogP contribution in [0.15, 0.2) is 23.7 Å². The van der Waals surface area contributed by atoms with E-state index in [1.165, 1.54) is 0 Å². The molecule has 136 valence electrons. The number of aliphatic hydroxyl groups excluding tert-OH is 2. The standard InChI is InChI=1S/C18H34O5/c1-7-9-15(21-13-11-19)17(3,4)23-18(5,6)16(10-8-2)22-14-12-20/h9-10,19-20H,7-8,11-14H2,1-6H3. The number of hydrogen-bond donors (Lipinski definition) is 2. The van der Waals surface area contributed by atoms with Gasteiger partial charge in [-0.1, -0.05) is 13.8 Å². The van der Waals surface area contributed by atoms with Gasteiger partial charge in [0.05, 0.1) is 13.2 Å². The van der Waals surface area contributed by atoms with Crippen LogP contribution in [0.4, 0.5) is 0 Å². The fourth-order valence-electron chi connectivity index (χ4n) is 2.38. The van der Waals surface area contributed by atoms with Crippen molar-refractivity contribution in [1.82, 2.24) is 0 Å². The Morgan fingerprint density at radius 2 is 1.13 bits per heavy atom. The van der Waals surface area contributed by atoms with E-state index in [1.54, 1.807) is 0 Å². The van der Waals surface area contributed by atoms with Gasteiger partial charge < -0.3 is 24.4 Å². The van der Waals surface area contributed by atoms with Crippen molar-refractivity contribution in [3.63, 3.8) is 0 Å². The number of hydrogen-bond acceptors (Lipinski definition) is 5. The highest BCUT2D eigenvalue weighted by Crippen LogP contribution is 2.33. The molecule has 0 atom stereocenters. The Hall–Kier alpha value is -1.04. The van der Waals surface area contributed by atoms with Gasteiger partial charge in [0.15, 0.2) is 0 Å². The van der Waals surface area contributed by atoms with E-state index in [4.69, 9.17) is 24.4 Å². The summed E-state index contributed by atoms with van der Waals surface area (Å²) in [6.45, 7) is 12.2. The second kappa shape index (κ2) is 10.7. The van der Waals surface area contributed by atoms with Crippen LogP contribution in [0, 0.1) is 0 Å². The Morgan fingerprint density at radius 3 is 1.39 bits per heavy atom. The van der Waals surface area contributed by atoms with E-state index in [9.17, 15) is 0 Å². The van der Waals surface area contributed by atoms with Gasteiger partial charge in [-0.15, -0.1) is 0 Å². The highest BCUT2D eigenvalue weighted by molar-refractivity contribution is 5.13. The van der Waals surface area contributed by atoms with Gasteiger partial charge in [0.2, 0.25) is 0 Å². The maximum absolute atomic E-state index is 8.99.